The second-order valence-electron chi connectivity index (χ2n) is 4.81. The zero-order valence-electron chi connectivity index (χ0n) is 12.0. The molecule has 0 unspecified atom stereocenters. The molecule has 23 heavy (non-hydrogen) atoms. The number of aromatic nitrogens is 4. The maximum absolute atomic E-state index is 12.3. The minimum atomic E-state index is -0.327. The van der Waals surface area contributed by atoms with Crippen molar-refractivity contribution in [3.8, 4) is 5.69 Å². The molecule has 3 rings (SSSR count). The minimum Gasteiger partial charge on any atom is -0.322 e. The van der Waals surface area contributed by atoms with Crippen LogP contribution in [-0.2, 0) is 0 Å². The lowest BCUT2D eigenvalue weighted by atomic mass is 10.1. The summed E-state index contributed by atoms with van der Waals surface area (Å²) in [7, 11) is 0. The Bertz CT molecular complexity index is 864. The molecule has 1 aromatic heterocycles. The summed E-state index contributed by atoms with van der Waals surface area (Å²) in [4.78, 5) is 12.3. The van der Waals surface area contributed by atoms with Gasteiger partial charge in [0.25, 0.3) is 5.91 Å². The topological polar surface area (TPSA) is 72.7 Å². The monoisotopic (exact) mass is 347 g/mol. The van der Waals surface area contributed by atoms with E-state index < -0.39 is 0 Å². The van der Waals surface area contributed by atoms with E-state index in [2.05, 4.69) is 20.8 Å². The summed E-state index contributed by atoms with van der Waals surface area (Å²) < 4.78 is 1.55. The van der Waals surface area contributed by atoms with Gasteiger partial charge in [0.1, 0.15) is 6.33 Å². The lowest BCUT2D eigenvalue weighted by molar-refractivity contribution is 0.102. The van der Waals surface area contributed by atoms with Crippen LogP contribution in [0.3, 0.4) is 0 Å². The summed E-state index contributed by atoms with van der Waals surface area (Å²) in [6, 6.07) is 10.3. The molecule has 0 saturated carbocycles. The van der Waals surface area contributed by atoms with Gasteiger partial charge in [0.2, 0.25) is 0 Å². The number of carbonyl (C=O) groups excluding carboxylic acids is 1. The molecule has 116 valence electrons. The lowest BCUT2D eigenvalue weighted by Gasteiger charge is -2.10. The number of tetrazole rings is 1. The van der Waals surface area contributed by atoms with Gasteiger partial charge in [-0.1, -0.05) is 29.3 Å². The average Bonchev–Trinajstić information content (AvgIpc) is 3.04. The Morgan fingerprint density at radius 1 is 1.22 bits per heavy atom. The van der Waals surface area contributed by atoms with Crippen LogP contribution in [0.4, 0.5) is 5.69 Å². The number of hydrogen-bond donors (Lipinski definition) is 1. The summed E-state index contributed by atoms with van der Waals surface area (Å²) in [5.41, 5.74) is 2.70. The fourth-order valence-corrected chi connectivity index (χ4v) is 2.53. The van der Waals surface area contributed by atoms with E-state index in [1.54, 1.807) is 28.9 Å². The van der Waals surface area contributed by atoms with Gasteiger partial charge in [0, 0.05) is 5.69 Å². The first kappa shape index (κ1) is 15.5. The molecule has 2 aromatic carbocycles. The molecule has 0 aliphatic heterocycles. The molecule has 1 N–H and O–H groups in total. The molecule has 3 aromatic rings. The molecule has 1 heterocycles. The van der Waals surface area contributed by atoms with E-state index in [1.165, 1.54) is 6.33 Å². The average molecular weight is 348 g/mol. The Labute approximate surface area is 142 Å². The van der Waals surface area contributed by atoms with Crippen molar-refractivity contribution in [2.24, 2.45) is 0 Å². The molecule has 0 fully saturated rings. The standard InChI is InChI=1S/C15H11Cl2N5O/c1-9-7-10(5-6-13(9)22-8-18-20-21-22)19-15(23)11-3-2-4-12(16)14(11)17/h2-8H,1H3,(H,19,23). The molecule has 8 heteroatoms. The third-order valence-corrected chi connectivity index (χ3v) is 4.07. The smallest absolute Gasteiger partial charge is 0.257 e. The van der Waals surface area contributed by atoms with E-state index >= 15 is 0 Å². The fourth-order valence-electron chi connectivity index (χ4n) is 2.14. The third kappa shape index (κ3) is 3.18. The molecule has 0 aliphatic rings. The number of nitrogens with one attached hydrogen (secondary N) is 1. The van der Waals surface area contributed by atoms with Crippen molar-refractivity contribution in [2.45, 2.75) is 6.92 Å². The zero-order valence-corrected chi connectivity index (χ0v) is 13.5. The van der Waals surface area contributed by atoms with Gasteiger partial charge < -0.3 is 5.32 Å². The van der Waals surface area contributed by atoms with Gasteiger partial charge in [-0.25, -0.2) is 4.68 Å². The van der Waals surface area contributed by atoms with Crippen molar-refractivity contribution in [1.29, 1.82) is 0 Å². The number of benzene rings is 2. The third-order valence-electron chi connectivity index (χ3n) is 3.25. The number of halogens is 2. The Morgan fingerprint density at radius 2 is 2.04 bits per heavy atom. The van der Waals surface area contributed by atoms with Gasteiger partial charge in [0.15, 0.2) is 0 Å². The fraction of sp³-hybridized carbons (Fsp3) is 0.0667. The van der Waals surface area contributed by atoms with E-state index in [1.807, 2.05) is 19.1 Å². The van der Waals surface area contributed by atoms with E-state index in [4.69, 9.17) is 23.2 Å². The van der Waals surface area contributed by atoms with E-state index in [9.17, 15) is 4.79 Å². The highest BCUT2D eigenvalue weighted by Gasteiger charge is 2.13. The van der Waals surface area contributed by atoms with Crippen LogP contribution in [0.2, 0.25) is 10.0 Å². The van der Waals surface area contributed by atoms with Crippen molar-refractivity contribution < 1.29 is 4.79 Å². The van der Waals surface area contributed by atoms with Crippen molar-refractivity contribution in [2.75, 3.05) is 5.32 Å². The van der Waals surface area contributed by atoms with Crippen molar-refractivity contribution in [3.05, 3.63) is 63.9 Å². The Kier molecular flexibility index (Phi) is 4.27. The number of hydrogen-bond acceptors (Lipinski definition) is 4. The number of aryl methyl sites for hydroxylation is 1. The number of amides is 1. The molecular weight excluding hydrogens is 337 g/mol. The first-order valence-electron chi connectivity index (χ1n) is 6.65. The second kappa shape index (κ2) is 6.36. The van der Waals surface area contributed by atoms with Crippen molar-refractivity contribution in [1.82, 2.24) is 20.2 Å². The molecular formula is C15H11Cl2N5O. The molecule has 0 atom stereocenters. The van der Waals surface area contributed by atoms with Gasteiger partial charge in [-0.15, -0.1) is 5.10 Å². The maximum Gasteiger partial charge on any atom is 0.257 e. The summed E-state index contributed by atoms with van der Waals surface area (Å²) >= 11 is 12.0. The molecule has 0 bridgehead atoms. The largest absolute Gasteiger partial charge is 0.322 e. The van der Waals surface area contributed by atoms with E-state index in [0.717, 1.165) is 11.3 Å². The van der Waals surface area contributed by atoms with Crippen LogP contribution in [-0.4, -0.2) is 26.1 Å². The van der Waals surface area contributed by atoms with Crippen LogP contribution < -0.4 is 5.32 Å². The van der Waals surface area contributed by atoms with Gasteiger partial charge >= 0.3 is 0 Å². The predicted molar refractivity (Wildman–Crippen MR) is 88.3 cm³/mol. The van der Waals surface area contributed by atoms with Gasteiger partial charge in [-0.05, 0) is 53.2 Å². The van der Waals surface area contributed by atoms with E-state index in [0.29, 0.717) is 16.3 Å². The van der Waals surface area contributed by atoms with Crippen molar-refractivity contribution >= 4 is 34.8 Å². The Morgan fingerprint density at radius 3 is 2.74 bits per heavy atom. The highest BCUT2D eigenvalue weighted by atomic mass is 35.5. The van der Waals surface area contributed by atoms with Crippen molar-refractivity contribution in [3.63, 3.8) is 0 Å². The summed E-state index contributed by atoms with van der Waals surface area (Å²) in [6.45, 7) is 1.90. The van der Waals surface area contributed by atoms with Crippen LogP contribution >= 0.6 is 23.2 Å². The molecule has 0 radical (unpaired) electrons. The first-order valence-corrected chi connectivity index (χ1v) is 7.41. The Balaban J connectivity index is 1.85. The second-order valence-corrected chi connectivity index (χ2v) is 5.60. The highest BCUT2D eigenvalue weighted by Crippen LogP contribution is 2.26. The summed E-state index contributed by atoms with van der Waals surface area (Å²) in [5.74, 6) is -0.327. The summed E-state index contributed by atoms with van der Waals surface area (Å²) in [5, 5.41) is 14.4. The quantitative estimate of drug-likeness (QED) is 0.786. The molecule has 0 saturated heterocycles. The SMILES string of the molecule is Cc1cc(NC(=O)c2cccc(Cl)c2Cl)ccc1-n1cnnn1. The van der Waals surface area contributed by atoms with Gasteiger partial charge in [0.05, 0.1) is 21.3 Å². The number of carbonyl (C=O) groups is 1. The zero-order chi connectivity index (χ0) is 16.4. The molecule has 0 aliphatic carbocycles. The normalized spacial score (nSPS) is 10.6. The predicted octanol–water partition coefficient (Wildman–Crippen LogP) is 3.53. The Hall–Kier alpha value is -2.44. The molecule has 1 amide bonds. The first-order chi connectivity index (χ1) is 11.1. The van der Waals surface area contributed by atoms with Crippen LogP contribution in [0, 0.1) is 6.92 Å². The van der Waals surface area contributed by atoms with Crippen LogP contribution in [0.5, 0.6) is 0 Å². The van der Waals surface area contributed by atoms with Crippen LogP contribution in [0.15, 0.2) is 42.7 Å². The number of anilines is 1. The van der Waals surface area contributed by atoms with Crippen LogP contribution in [0.25, 0.3) is 5.69 Å². The summed E-state index contributed by atoms with van der Waals surface area (Å²) in [6.07, 6.45) is 1.51. The van der Waals surface area contributed by atoms with Gasteiger partial charge in [-0.3, -0.25) is 4.79 Å². The van der Waals surface area contributed by atoms with Crippen LogP contribution in [0.1, 0.15) is 15.9 Å². The maximum atomic E-state index is 12.3. The van der Waals surface area contributed by atoms with Gasteiger partial charge in [-0.2, -0.15) is 0 Å². The minimum absolute atomic E-state index is 0.230. The molecule has 6 nitrogen and oxygen atoms in total. The number of nitrogens with zero attached hydrogens (tertiary/aromatic N) is 4. The highest BCUT2D eigenvalue weighted by molar-refractivity contribution is 6.44. The lowest BCUT2D eigenvalue weighted by Crippen LogP contribution is -2.13. The number of rotatable bonds is 3. The molecule has 0 spiro atoms. The van der Waals surface area contributed by atoms with E-state index in [-0.39, 0.29) is 10.9 Å².